The molecule has 1 heterocycles. The van der Waals surface area contributed by atoms with E-state index in [9.17, 15) is 14.4 Å². The molecule has 0 spiro atoms. The number of amides is 1. The van der Waals surface area contributed by atoms with Crippen molar-refractivity contribution in [3.05, 3.63) is 29.1 Å². The van der Waals surface area contributed by atoms with Crippen LogP contribution in [0.5, 0.6) is 0 Å². The number of Topliss-reactive ketones (excluding diaryl/α,β-unsaturated/α-hetero) is 1. The van der Waals surface area contributed by atoms with Crippen molar-refractivity contribution < 1.29 is 19.1 Å². The van der Waals surface area contributed by atoms with Gasteiger partial charge >= 0.3 is 6.09 Å². The summed E-state index contributed by atoms with van der Waals surface area (Å²) in [4.78, 5) is 36.8. The Bertz CT molecular complexity index is 542. The van der Waals surface area contributed by atoms with E-state index >= 15 is 0 Å². The van der Waals surface area contributed by atoms with Crippen LogP contribution in [-0.4, -0.2) is 36.3 Å². The highest BCUT2D eigenvalue weighted by Crippen LogP contribution is 2.21. The average molecular weight is 248 g/mol. The SMILES string of the molecule is COC(=O)NCCc1c[nH]c2c1C(=O)C(=O)C=C2. The van der Waals surface area contributed by atoms with Crippen LogP contribution in [-0.2, 0) is 16.0 Å². The zero-order valence-electron chi connectivity index (χ0n) is 9.78. The molecule has 0 unspecified atom stereocenters. The Balaban J connectivity index is 2.10. The lowest BCUT2D eigenvalue weighted by molar-refractivity contribution is -0.110. The number of fused-ring (bicyclic) bond motifs is 1. The molecule has 6 nitrogen and oxygen atoms in total. The van der Waals surface area contributed by atoms with E-state index in [1.165, 1.54) is 13.2 Å². The number of aromatic nitrogens is 1. The number of hydrogen-bond donors (Lipinski definition) is 2. The lowest BCUT2D eigenvalue weighted by Crippen LogP contribution is -2.26. The fourth-order valence-electron chi connectivity index (χ4n) is 1.81. The summed E-state index contributed by atoms with van der Waals surface area (Å²) in [6.45, 7) is 0.335. The molecule has 0 saturated carbocycles. The summed E-state index contributed by atoms with van der Waals surface area (Å²) >= 11 is 0. The number of nitrogens with one attached hydrogen (secondary N) is 2. The van der Waals surface area contributed by atoms with E-state index in [1.54, 1.807) is 12.3 Å². The average Bonchev–Trinajstić information content (AvgIpc) is 2.77. The summed E-state index contributed by atoms with van der Waals surface area (Å²) in [6, 6.07) is 0. The molecule has 0 radical (unpaired) electrons. The van der Waals surface area contributed by atoms with E-state index in [-0.39, 0.29) is 0 Å². The van der Waals surface area contributed by atoms with Gasteiger partial charge in [0.05, 0.1) is 12.7 Å². The monoisotopic (exact) mass is 248 g/mol. The van der Waals surface area contributed by atoms with Crippen LogP contribution in [0.2, 0.25) is 0 Å². The third-order valence-corrected chi connectivity index (χ3v) is 2.69. The van der Waals surface area contributed by atoms with Crippen molar-refractivity contribution in [2.45, 2.75) is 6.42 Å². The van der Waals surface area contributed by atoms with Gasteiger partial charge < -0.3 is 15.0 Å². The minimum atomic E-state index is -0.526. The van der Waals surface area contributed by atoms with Gasteiger partial charge in [0.1, 0.15) is 0 Å². The fraction of sp³-hybridized carbons (Fsp3) is 0.250. The van der Waals surface area contributed by atoms with Gasteiger partial charge in [-0.25, -0.2) is 4.79 Å². The molecule has 0 saturated heterocycles. The first-order valence-corrected chi connectivity index (χ1v) is 5.42. The molecular formula is C12H12N2O4. The van der Waals surface area contributed by atoms with Gasteiger partial charge in [0.25, 0.3) is 0 Å². The third kappa shape index (κ3) is 2.17. The second-order valence-electron chi connectivity index (χ2n) is 3.80. The van der Waals surface area contributed by atoms with Crippen molar-refractivity contribution in [2.24, 2.45) is 0 Å². The van der Waals surface area contributed by atoms with Gasteiger partial charge in [-0.15, -0.1) is 0 Å². The highest BCUT2D eigenvalue weighted by Gasteiger charge is 2.25. The van der Waals surface area contributed by atoms with Crippen molar-refractivity contribution in [1.82, 2.24) is 10.3 Å². The number of alkyl carbamates (subject to hydrolysis) is 1. The van der Waals surface area contributed by atoms with Gasteiger partial charge in [-0.3, -0.25) is 9.59 Å². The molecule has 2 rings (SSSR count). The molecule has 0 bridgehead atoms. The number of ketones is 2. The molecule has 1 aliphatic rings. The third-order valence-electron chi connectivity index (χ3n) is 2.69. The standard InChI is InChI=1S/C12H12N2O4/c1-18-12(17)13-5-4-7-6-14-8-2-3-9(15)11(16)10(7)8/h2-3,6,14H,4-5H2,1H3,(H,13,17). The van der Waals surface area contributed by atoms with Crippen molar-refractivity contribution >= 4 is 23.7 Å². The Morgan fingerprint density at radius 2 is 2.17 bits per heavy atom. The molecule has 0 atom stereocenters. The minimum absolute atomic E-state index is 0.335. The van der Waals surface area contributed by atoms with Gasteiger partial charge in [-0.1, -0.05) is 0 Å². The first-order valence-electron chi connectivity index (χ1n) is 5.42. The Hall–Kier alpha value is -2.37. The molecule has 1 amide bonds. The second-order valence-corrected chi connectivity index (χ2v) is 3.80. The predicted molar refractivity (Wildman–Crippen MR) is 63.3 cm³/mol. The van der Waals surface area contributed by atoms with E-state index < -0.39 is 17.7 Å². The topological polar surface area (TPSA) is 88.3 Å². The molecule has 1 aromatic heterocycles. The van der Waals surface area contributed by atoms with Crippen molar-refractivity contribution in [3.63, 3.8) is 0 Å². The number of carbonyl (C=O) groups is 3. The molecule has 94 valence electrons. The lowest BCUT2D eigenvalue weighted by Gasteiger charge is -2.07. The first kappa shape index (κ1) is 12.1. The summed E-state index contributed by atoms with van der Waals surface area (Å²) in [6.07, 6.45) is 4.42. The Labute approximate surface area is 103 Å². The Morgan fingerprint density at radius 3 is 2.89 bits per heavy atom. The van der Waals surface area contributed by atoms with Crippen LogP contribution in [0.25, 0.3) is 6.08 Å². The molecule has 0 aliphatic heterocycles. The molecule has 18 heavy (non-hydrogen) atoms. The van der Waals surface area contributed by atoms with E-state index in [4.69, 9.17) is 0 Å². The van der Waals surface area contributed by atoms with Crippen molar-refractivity contribution in [2.75, 3.05) is 13.7 Å². The van der Waals surface area contributed by atoms with E-state index in [0.29, 0.717) is 29.8 Å². The molecule has 6 heteroatoms. The number of methoxy groups -OCH3 is 1. The Kier molecular flexibility index (Phi) is 3.27. The number of rotatable bonds is 3. The zero-order chi connectivity index (χ0) is 13.1. The van der Waals surface area contributed by atoms with Crippen LogP contribution < -0.4 is 5.32 Å². The summed E-state index contributed by atoms with van der Waals surface area (Å²) in [5.74, 6) is -1.04. The number of hydrogen-bond acceptors (Lipinski definition) is 4. The molecule has 0 fully saturated rings. The summed E-state index contributed by atoms with van der Waals surface area (Å²) in [5.41, 5.74) is 1.74. The second kappa shape index (κ2) is 4.87. The van der Waals surface area contributed by atoms with Crippen LogP contribution in [0.15, 0.2) is 12.3 Å². The van der Waals surface area contributed by atoms with Gasteiger partial charge in [0, 0.05) is 18.4 Å². The number of carbonyl (C=O) groups excluding carboxylic acids is 3. The quantitative estimate of drug-likeness (QED) is 0.770. The van der Waals surface area contributed by atoms with Gasteiger partial charge in [0.15, 0.2) is 0 Å². The first-order chi connectivity index (χ1) is 8.63. The van der Waals surface area contributed by atoms with Crippen LogP contribution in [0.3, 0.4) is 0 Å². The van der Waals surface area contributed by atoms with E-state index in [0.717, 1.165) is 0 Å². The number of ether oxygens (including phenoxy) is 1. The lowest BCUT2D eigenvalue weighted by atomic mass is 9.97. The fourth-order valence-corrected chi connectivity index (χ4v) is 1.81. The zero-order valence-corrected chi connectivity index (χ0v) is 9.78. The number of allylic oxidation sites excluding steroid dienone is 1. The maximum atomic E-state index is 11.7. The van der Waals surface area contributed by atoms with Crippen LogP contribution >= 0.6 is 0 Å². The van der Waals surface area contributed by atoms with Crippen molar-refractivity contribution in [3.8, 4) is 0 Å². The smallest absolute Gasteiger partial charge is 0.406 e. The van der Waals surface area contributed by atoms with Crippen LogP contribution in [0.4, 0.5) is 4.79 Å². The molecule has 1 aromatic rings. The van der Waals surface area contributed by atoms with Gasteiger partial charge in [-0.2, -0.15) is 0 Å². The molecular weight excluding hydrogens is 236 g/mol. The number of H-pyrrole nitrogens is 1. The van der Waals surface area contributed by atoms with E-state index in [1.807, 2.05) is 0 Å². The molecule has 1 aliphatic carbocycles. The van der Waals surface area contributed by atoms with Crippen LogP contribution in [0, 0.1) is 0 Å². The Morgan fingerprint density at radius 1 is 1.39 bits per heavy atom. The van der Waals surface area contributed by atoms with Crippen LogP contribution in [0.1, 0.15) is 21.6 Å². The van der Waals surface area contributed by atoms with Gasteiger partial charge in [-0.05, 0) is 24.1 Å². The summed E-state index contributed by atoms with van der Waals surface area (Å²) < 4.78 is 4.43. The predicted octanol–water partition coefficient (Wildman–Crippen LogP) is 0.692. The highest BCUT2D eigenvalue weighted by molar-refractivity contribution is 6.50. The molecule has 2 N–H and O–H groups in total. The number of aromatic amines is 1. The maximum Gasteiger partial charge on any atom is 0.406 e. The molecule has 0 aromatic carbocycles. The minimum Gasteiger partial charge on any atom is -0.453 e. The van der Waals surface area contributed by atoms with E-state index in [2.05, 4.69) is 15.0 Å². The summed E-state index contributed by atoms with van der Waals surface area (Å²) in [5, 5.41) is 2.51. The summed E-state index contributed by atoms with van der Waals surface area (Å²) in [7, 11) is 1.28. The largest absolute Gasteiger partial charge is 0.453 e. The van der Waals surface area contributed by atoms with Gasteiger partial charge in [0.2, 0.25) is 11.6 Å². The van der Waals surface area contributed by atoms with Crippen molar-refractivity contribution in [1.29, 1.82) is 0 Å². The normalized spacial score (nSPS) is 13.4. The highest BCUT2D eigenvalue weighted by atomic mass is 16.5. The maximum absolute atomic E-state index is 11.7.